The summed E-state index contributed by atoms with van der Waals surface area (Å²) >= 11 is 1.80. The summed E-state index contributed by atoms with van der Waals surface area (Å²) in [6, 6.07) is 0. The van der Waals surface area contributed by atoms with Crippen LogP contribution in [0.3, 0.4) is 0 Å². The number of rotatable bonds is 8. The quantitative estimate of drug-likeness (QED) is 0.771. The Hall–Kier alpha value is -0.610. The molecular formula is C13H23N3S. The Bertz CT molecular complexity index is 333. The van der Waals surface area contributed by atoms with Crippen molar-refractivity contribution in [2.45, 2.75) is 39.7 Å². The van der Waals surface area contributed by atoms with Crippen molar-refractivity contribution in [3.8, 4) is 0 Å². The molecule has 0 amide bonds. The van der Waals surface area contributed by atoms with E-state index in [4.69, 9.17) is 0 Å². The first kappa shape index (κ1) is 12.8. The topological polar surface area (TPSA) is 28.2 Å². The molecule has 0 saturated heterocycles. The summed E-state index contributed by atoms with van der Waals surface area (Å²) in [7, 11) is 0. The van der Waals surface area contributed by atoms with Crippen LogP contribution in [0.2, 0.25) is 0 Å². The van der Waals surface area contributed by atoms with Crippen LogP contribution in [0.1, 0.15) is 38.0 Å². The van der Waals surface area contributed by atoms with Crippen molar-refractivity contribution in [3.63, 3.8) is 0 Å². The van der Waals surface area contributed by atoms with Crippen LogP contribution in [-0.2, 0) is 6.54 Å². The molecule has 2 rings (SSSR count). The molecule has 96 valence electrons. The van der Waals surface area contributed by atoms with Gasteiger partial charge in [0.2, 0.25) is 0 Å². The van der Waals surface area contributed by atoms with Gasteiger partial charge in [0.05, 0.1) is 0 Å². The highest BCUT2D eigenvalue weighted by Gasteiger charge is 2.23. The second-order valence-electron chi connectivity index (χ2n) is 4.83. The number of nitrogens with zero attached hydrogens (tertiary/aromatic N) is 2. The van der Waals surface area contributed by atoms with E-state index in [1.54, 1.807) is 11.3 Å². The SMILES string of the molecule is CCCNc1ncc(CN(CC)CC2CC2)s1. The molecule has 1 N–H and O–H groups in total. The van der Waals surface area contributed by atoms with Crippen molar-refractivity contribution in [3.05, 3.63) is 11.1 Å². The smallest absolute Gasteiger partial charge is 0.182 e. The fraction of sp³-hybridized carbons (Fsp3) is 0.769. The Morgan fingerprint density at radius 3 is 2.94 bits per heavy atom. The number of hydrogen-bond donors (Lipinski definition) is 1. The molecule has 1 aliphatic carbocycles. The van der Waals surface area contributed by atoms with Crippen molar-refractivity contribution >= 4 is 16.5 Å². The Kier molecular flexibility index (Phi) is 4.80. The van der Waals surface area contributed by atoms with Gasteiger partial charge in [-0.3, -0.25) is 4.90 Å². The van der Waals surface area contributed by atoms with Gasteiger partial charge in [0.1, 0.15) is 0 Å². The van der Waals surface area contributed by atoms with Gasteiger partial charge in [0.15, 0.2) is 5.13 Å². The molecule has 1 heterocycles. The van der Waals surface area contributed by atoms with Gasteiger partial charge >= 0.3 is 0 Å². The molecule has 0 radical (unpaired) electrons. The van der Waals surface area contributed by atoms with Crippen LogP contribution in [-0.4, -0.2) is 29.5 Å². The molecule has 0 atom stereocenters. The molecule has 3 nitrogen and oxygen atoms in total. The average Bonchev–Trinajstić information content (AvgIpc) is 3.04. The zero-order valence-electron chi connectivity index (χ0n) is 10.9. The summed E-state index contributed by atoms with van der Waals surface area (Å²) in [6.45, 7) is 8.93. The van der Waals surface area contributed by atoms with Crippen LogP contribution >= 0.6 is 11.3 Å². The fourth-order valence-electron chi connectivity index (χ4n) is 1.89. The minimum atomic E-state index is 0.973. The van der Waals surface area contributed by atoms with E-state index in [1.807, 2.05) is 6.20 Å². The Morgan fingerprint density at radius 1 is 1.47 bits per heavy atom. The van der Waals surface area contributed by atoms with E-state index < -0.39 is 0 Å². The lowest BCUT2D eigenvalue weighted by atomic mass is 10.3. The van der Waals surface area contributed by atoms with Crippen molar-refractivity contribution in [1.82, 2.24) is 9.88 Å². The fourth-order valence-corrected chi connectivity index (χ4v) is 2.77. The van der Waals surface area contributed by atoms with Crippen LogP contribution in [0.5, 0.6) is 0 Å². The van der Waals surface area contributed by atoms with E-state index in [-0.39, 0.29) is 0 Å². The van der Waals surface area contributed by atoms with Gasteiger partial charge in [0, 0.05) is 30.7 Å². The van der Waals surface area contributed by atoms with Gasteiger partial charge in [-0.05, 0) is 31.7 Å². The van der Waals surface area contributed by atoms with Crippen LogP contribution in [0.4, 0.5) is 5.13 Å². The molecule has 0 spiro atoms. The summed E-state index contributed by atoms with van der Waals surface area (Å²) in [5.74, 6) is 0.973. The van der Waals surface area contributed by atoms with Crippen molar-refractivity contribution in [2.75, 3.05) is 25.0 Å². The van der Waals surface area contributed by atoms with Gasteiger partial charge in [-0.1, -0.05) is 13.8 Å². The van der Waals surface area contributed by atoms with E-state index in [9.17, 15) is 0 Å². The predicted octanol–water partition coefficient (Wildman–Crippen LogP) is 3.20. The molecule has 0 aromatic carbocycles. The highest BCUT2D eigenvalue weighted by Crippen LogP contribution is 2.30. The number of aromatic nitrogens is 1. The highest BCUT2D eigenvalue weighted by molar-refractivity contribution is 7.15. The first-order valence-corrected chi connectivity index (χ1v) is 7.54. The third-order valence-electron chi connectivity index (χ3n) is 3.12. The maximum Gasteiger partial charge on any atom is 0.182 e. The van der Waals surface area contributed by atoms with Crippen molar-refractivity contribution in [1.29, 1.82) is 0 Å². The summed E-state index contributed by atoms with van der Waals surface area (Å²) in [5.41, 5.74) is 0. The first-order valence-electron chi connectivity index (χ1n) is 6.72. The molecule has 0 aliphatic heterocycles. The molecule has 17 heavy (non-hydrogen) atoms. The highest BCUT2D eigenvalue weighted by atomic mass is 32.1. The lowest BCUT2D eigenvalue weighted by molar-refractivity contribution is 0.270. The molecule has 1 aromatic rings. The first-order chi connectivity index (χ1) is 8.31. The van der Waals surface area contributed by atoms with Crippen LogP contribution < -0.4 is 5.32 Å². The maximum atomic E-state index is 4.42. The standard InChI is InChI=1S/C13H23N3S/c1-3-7-14-13-15-8-12(17-13)10-16(4-2)9-11-5-6-11/h8,11H,3-7,9-10H2,1-2H3,(H,14,15). The van der Waals surface area contributed by atoms with Crippen molar-refractivity contribution < 1.29 is 0 Å². The summed E-state index contributed by atoms with van der Waals surface area (Å²) < 4.78 is 0. The monoisotopic (exact) mass is 253 g/mol. The minimum Gasteiger partial charge on any atom is -0.362 e. The summed E-state index contributed by atoms with van der Waals surface area (Å²) in [5, 5.41) is 4.42. The largest absolute Gasteiger partial charge is 0.362 e. The maximum absolute atomic E-state index is 4.42. The Labute approximate surface area is 108 Å². The number of nitrogens with one attached hydrogen (secondary N) is 1. The van der Waals surface area contributed by atoms with E-state index in [2.05, 4.69) is 29.0 Å². The normalized spacial score (nSPS) is 15.5. The van der Waals surface area contributed by atoms with E-state index in [0.29, 0.717) is 0 Å². The Balaban J connectivity index is 1.81. The third kappa shape index (κ3) is 4.28. The van der Waals surface area contributed by atoms with Crippen molar-refractivity contribution in [2.24, 2.45) is 5.92 Å². The van der Waals surface area contributed by atoms with E-state index in [1.165, 1.54) is 24.3 Å². The lowest BCUT2D eigenvalue weighted by Gasteiger charge is -2.18. The third-order valence-corrected chi connectivity index (χ3v) is 4.06. The number of anilines is 1. The number of thiazole rings is 1. The predicted molar refractivity (Wildman–Crippen MR) is 74.6 cm³/mol. The van der Waals surface area contributed by atoms with Gasteiger partial charge in [-0.2, -0.15) is 0 Å². The molecule has 4 heteroatoms. The molecule has 0 bridgehead atoms. The van der Waals surface area contributed by atoms with Crippen LogP contribution in [0.15, 0.2) is 6.20 Å². The molecule has 0 unspecified atom stereocenters. The van der Waals surface area contributed by atoms with Gasteiger partial charge < -0.3 is 5.32 Å². The van der Waals surface area contributed by atoms with Gasteiger partial charge in [-0.15, -0.1) is 11.3 Å². The summed E-state index contributed by atoms with van der Waals surface area (Å²) in [6.07, 6.45) is 6.04. The lowest BCUT2D eigenvalue weighted by Crippen LogP contribution is -2.24. The molecule has 1 saturated carbocycles. The number of hydrogen-bond acceptors (Lipinski definition) is 4. The van der Waals surface area contributed by atoms with E-state index >= 15 is 0 Å². The minimum absolute atomic E-state index is 0.973. The summed E-state index contributed by atoms with van der Waals surface area (Å²) in [4.78, 5) is 8.33. The van der Waals surface area contributed by atoms with Crippen LogP contribution in [0, 0.1) is 5.92 Å². The van der Waals surface area contributed by atoms with Crippen LogP contribution in [0.25, 0.3) is 0 Å². The molecule has 1 aliphatic rings. The second-order valence-corrected chi connectivity index (χ2v) is 5.94. The van der Waals surface area contributed by atoms with E-state index in [0.717, 1.165) is 37.1 Å². The molecule has 1 aromatic heterocycles. The average molecular weight is 253 g/mol. The molecule has 1 fully saturated rings. The van der Waals surface area contributed by atoms with Gasteiger partial charge in [-0.25, -0.2) is 4.98 Å². The zero-order valence-corrected chi connectivity index (χ0v) is 11.7. The Morgan fingerprint density at radius 2 is 2.29 bits per heavy atom. The molecular weight excluding hydrogens is 230 g/mol. The van der Waals surface area contributed by atoms with Gasteiger partial charge in [0.25, 0.3) is 0 Å². The zero-order chi connectivity index (χ0) is 12.1. The second kappa shape index (κ2) is 6.36.